The molecule has 2 aromatic rings. The van der Waals surface area contributed by atoms with E-state index in [9.17, 15) is 13.2 Å². The summed E-state index contributed by atoms with van der Waals surface area (Å²) in [4.78, 5) is 18.8. The number of carbonyl (C=O) groups excluding carboxylic acids is 1. The van der Waals surface area contributed by atoms with E-state index < -0.39 is 9.84 Å². The van der Waals surface area contributed by atoms with Gasteiger partial charge in [0.15, 0.2) is 15.0 Å². The lowest BCUT2D eigenvalue weighted by Gasteiger charge is -2.25. The monoisotopic (exact) mass is 434 g/mol. The Morgan fingerprint density at radius 2 is 1.82 bits per heavy atom. The highest BCUT2D eigenvalue weighted by molar-refractivity contribution is 8.15. The Balaban J connectivity index is 1.60. The summed E-state index contributed by atoms with van der Waals surface area (Å²) in [7, 11) is -3.08. The second-order valence-electron chi connectivity index (χ2n) is 6.97. The van der Waals surface area contributed by atoms with Crippen molar-refractivity contribution >= 4 is 44.3 Å². The molecule has 0 unspecified atom stereocenters. The zero-order valence-electron chi connectivity index (χ0n) is 15.0. The first-order valence-electron chi connectivity index (χ1n) is 8.94. The SMILES string of the molecule is O=C(Cc1ccccc1)N=C1S[C@@H]2CS(=O)(=O)C[C@@H]2N1Cc1ccccc1Cl. The molecular weight excluding hydrogens is 416 g/mol. The van der Waals surface area contributed by atoms with Crippen LogP contribution in [-0.2, 0) is 27.6 Å². The molecule has 2 aliphatic rings. The summed E-state index contributed by atoms with van der Waals surface area (Å²) < 4.78 is 24.2. The zero-order chi connectivity index (χ0) is 19.7. The molecular formula is C20H19ClN2O3S2. The number of aliphatic imine (C=N–C) groups is 1. The molecule has 0 aromatic heterocycles. The third-order valence-corrected chi connectivity index (χ3v) is 8.51. The second kappa shape index (κ2) is 7.89. The number of rotatable bonds is 4. The number of amides is 1. The predicted octanol–water partition coefficient (Wildman–Crippen LogP) is 3.18. The minimum absolute atomic E-state index is 0.0843. The third-order valence-electron chi connectivity index (χ3n) is 4.89. The van der Waals surface area contributed by atoms with Crippen molar-refractivity contribution < 1.29 is 13.2 Å². The molecule has 28 heavy (non-hydrogen) atoms. The minimum atomic E-state index is -3.08. The fourth-order valence-electron chi connectivity index (χ4n) is 3.55. The first kappa shape index (κ1) is 19.5. The Kier molecular flexibility index (Phi) is 5.49. The van der Waals surface area contributed by atoms with E-state index >= 15 is 0 Å². The molecule has 146 valence electrons. The molecule has 4 rings (SSSR count). The molecule has 2 aliphatic heterocycles. The molecule has 0 spiro atoms. The summed E-state index contributed by atoms with van der Waals surface area (Å²) >= 11 is 7.69. The molecule has 2 saturated heterocycles. The van der Waals surface area contributed by atoms with Crippen molar-refractivity contribution in [2.24, 2.45) is 4.99 Å². The van der Waals surface area contributed by atoms with Crippen LogP contribution in [0.2, 0.25) is 5.02 Å². The molecule has 0 aliphatic carbocycles. The lowest BCUT2D eigenvalue weighted by molar-refractivity contribution is -0.117. The Morgan fingerprint density at radius 3 is 2.57 bits per heavy atom. The van der Waals surface area contributed by atoms with E-state index in [4.69, 9.17) is 11.6 Å². The van der Waals surface area contributed by atoms with Crippen molar-refractivity contribution in [3.8, 4) is 0 Å². The lowest BCUT2D eigenvalue weighted by atomic mass is 10.1. The van der Waals surface area contributed by atoms with Crippen LogP contribution in [0.3, 0.4) is 0 Å². The van der Waals surface area contributed by atoms with Crippen molar-refractivity contribution in [2.45, 2.75) is 24.3 Å². The van der Waals surface area contributed by atoms with Crippen LogP contribution in [0.1, 0.15) is 11.1 Å². The number of carbonyl (C=O) groups is 1. The van der Waals surface area contributed by atoms with Crippen molar-refractivity contribution in [2.75, 3.05) is 11.5 Å². The van der Waals surface area contributed by atoms with Crippen LogP contribution >= 0.6 is 23.4 Å². The number of benzene rings is 2. The van der Waals surface area contributed by atoms with Crippen molar-refractivity contribution in [1.29, 1.82) is 0 Å². The van der Waals surface area contributed by atoms with E-state index in [0.29, 0.717) is 16.7 Å². The first-order valence-corrected chi connectivity index (χ1v) is 12.0. The van der Waals surface area contributed by atoms with Crippen LogP contribution in [0.4, 0.5) is 0 Å². The fraction of sp³-hybridized carbons (Fsp3) is 0.300. The van der Waals surface area contributed by atoms with Gasteiger partial charge in [0.2, 0.25) is 0 Å². The molecule has 0 saturated carbocycles. The topological polar surface area (TPSA) is 66.8 Å². The standard InChI is InChI=1S/C20H19ClN2O3S2/c21-16-9-5-4-8-15(16)11-23-17-12-28(25,26)13-18(17)27-20(23)22-19(24)10-14-6-2-1-3-7-14/h1-9,17-18H,10-13H2/t17-,18+/m0/s1. The first-order chi connectivity index (χ1) is 13.4. The van der Waals surface area contributed by atoms with Gasteiger partial charge in [0.1, 0.15) is 0 Å². The van der Waals surface area contributed by atoms with Gasteiger partial charge in [-0.3, -0.25) is 4.79 Å². The number of hydrogen-bond donors (Lipinski definition) is 0. The number of thioether (sulfide) groups is 1. The minimum Gasteiger partial charge on any atom is -0.342 e. The smallest absolute Gasteiger partial charge is 0.252 e. The Bertz CT molecular complexity index is 1020. The van der Waals surface area contributed by atoms with E-state index in [1.807, 2.05) is 53.4 Å². The average molecular weight is 435 g/mol. The Morgan fingerprint density at radius 1 is 1.11 bits per heavy atom. The number of hydrogen-bond acceptors (Lipinski definition) is 4. The summed E-state index contributed by atoms with van der Waals surface area (Å²) in [5.41, 5.74) is 1.79. The van der Waals surface area contributed by atoms with E-state index in [1.165, 1.54) is 11.8 Å². The fourth-order valence-corrected chi connectivity index (χ4v) is 7.71. The predicted molar refractivity (Wildman–Crippen MR) is 113 cm³/mol. The number of sulfone groups is 1. The molecule has 1 amide bonds. The summed E-state index contributed by atoms with van der Waals surface area (Å²) in [5.74, 6) is -0.0328. The number of fused-ring (bicyclic) bond motifs is 1. The van der Waals surface area contributed by atoms with Gasteiger partial charge in [-0.2, -0.15) is 4.99 Å². The zero-order valence-corrected chi connectivity index (χ0v) is 17.4. The molecule has 2 aromatic carbocycles. The summed E-state index contributed by atoms with van der Waals surface area (Å²) in [5, 5.41) is 1.10. The number of halogens is 1. The Labute approximate surface area is 173 Å². The largest absolute Gasteiger partial charge is 0.342 e. The quantitative estimate of drug-likeness (QED) is 0.739. The van der Waals surface area contributed by atoms with Crippen LogP contribution in [0.5, 0.6) is 0 Å². The van der Waals surface area contributed by atoms with E-state index in [-0.39, 0.29) is 35.1 Å². The van der Waals surface area contributed by atoms with Gasteiger partial charge < -0.3 is 4.90 Å². The van der Waals surface area contributed by atoms with Crippen molar-refractivity contribution in [3.05, 3.63) is 70.7 Å². The highest BCUT2D eigenvalue weighted by atomic mass is 35.5. The van der Waals surface area contributed by atoms with Crippen molar-refractivity contribution in [3.63, 3.8) is 0 Å². The lowest BCUT2D eigenvalue weighted by Crippen LogP contribution is -2.37. The normalized spacial score (nSPS) is 24.5. The summed E-state index contributed by atoms with van der Waals surface area (Å²) in [6, 6.07) is 16.7. The maximum Gasteiger partial charge on any atom is 0.252 e. The van der Waals surface area contributed by atoms with Crippen LogP contribution in [-0.4, -0.2) is 47.2 Å². The van der Waals surface area contributed by atoms with Gasteiger partial charge in [-0.1, -0.05) is 71.9 Å². The van der Waals surface area contributed by atoms with Gasteiger partial charge in [0, 0.05) is 16.8 Å². The average Bonchev–Trinajstić information content (AvgIpc) is 3.10. The van der Waals surface area contributed by atoms with Gasteiger partial charge in [0.25, 0.3) is 5.91 Å². The maximum absolute atomic E-state index is 12.5. The van der Waals surface area contributed by atoms with Crippen LogP contribution in [0.25, 0.3) is 0 Å². The van der Waals surface area contributed by atoms with E-state index in [0.717, 1.165) is 11.1 Å². The molecule has 2 heterocycles. The van der Waals surface area contributed by atoms with Gasteiger partial charge in [-0.05, 0) is 17.2 Å². The van der Waals surface area contributed by atoms with Crippen molar-refractivity contribution in [1.82, 2.24) is 4.90 Å². The van der Waals surface area contributed by atoms with Gasteiger partial charge >= 0.3 is 0 Å². The van der Waals surface area contributed by atoms with Gasteiger partial charge in [-0.25, -0.2) is 8.42 Å². The maximum atomic E-state index is 12.5. The molecule has 0 bridgehead atoms. The molecule has 2 fully saturated rings. The molecule has 0 N–H and O–H groups in total. The van der Waals surface area contributed by atoms with Gasteiger partial charge in [-0.15, -0.1) is 0 Å². The highest BCUT2D eigenvalue weighted by Crippen LogP contribution is 2.39. The van der Waals surface area contributed by atoms with Crippen LogP contribution in [0.15, 0.2) is 59.6 Å². The highest BCUT2D eigenvalue weighted by Gasteiger charge is 2.48. The molecule has 8 heteroatoms. The van der Waals surface area contributed by atoms with Crippen LogP contribution in [0, 0.1) is 0 Å². The van der Waals surface area contributed by atoms with E-state index in [1.54, 1.807) is 6.07 Å². The molecule has 2 atom stereocenters. The van der Waals surface area contributed by atoms with Crippen LogP contribution < -0.4 is 0 Å². The Hall–Kier alpha value is -1.83. The third kappa shape index (κ3) is 4.26. The number of nitrogens with zero attached hydrogens (tertiary/aromatic N) is 2. The second-order valence-corrected chi connectivity index (χ2v) is 10.7. The summed E-state index contributed by atoms with van der Waals surface area (Å²) in [6.07, 6.45) is 0.221. The molecule has 0 radical (unpaired) electrons. The molecule has 5 nitrogen and oxygen atoms in total. The van der Waals surface area contributed by atoms with Gasteiger partial charge in [0.05, 0.1) is 24.0 Å². The number of amidine groups is 1. The summed E-state index contributed by atoms with van der Waals surface area (Å²) in [6.45, 7) is 0.431. The van der Waals surface area contributed by atoms with E-state index in [2.05, 4.69) is 4.99 Å².